The van der Waals surface area contributed by atoms with Gasteiger partial charge in [0, 0.05) is 5.56 Å². The van der Waals surface area contributed by atoms with Crippen molar-refractivity contribution in [3.63, 3.8) is 0 Å². The van der Waals surface area contributed by atoms with Gasteiger partial charge >= 0.3 is 0 Å². The lowest BCUT2D eigenvalue weighted by Crippen LogP contribution is -2.36. The number of para-hydroxylation sites is 2. The number of ether oxygens (including phenoxy) is 2. The van der Waals surface area contributed by atoms with E-state index in [-0.39, 0.29) is 25.1 Å². The summed E-state index contributed by atoms with van der Waals surface area (Å²) in [4.78, 5) is 12.7. The summed E-state index contributed by atoms with van der Waals surface area (Å²) in [5.74, 6) is 1.01. The second-order valence-corrected chi connectivity index (χ2v) is 10.5. The summed E-state index contributed by atoms with van der Waals surface area (Å²) in [5, 5.41) is 2.92. The van der Waals surface area contributed by atoms with E-state index in [1.165, 1.54) is 10.6 Å². The highest BCUT2D eigenvalue weighted by atomic mass is 32.2. The molecule has 0 saturated heterocycles. The van der Waals surface area contributed by atoms with Crippen LogP contribution in [0.5, 0.6) is 11.5 Å². The highest BCUT2D eigenvalue weighted by Gasteiger charge is 2.20. The molecule has 0 aromatic heterocycles. The van der Waals surface area contributed by atoms with Gasteiger partial charge in [0.15, 0.2) is 11.5 Å². The third kappa shape index (κ3) is 6.99. The first-order chi connectivity index (χ1) is 16.6. The van der Waals surface area contributed by atoms with Gasteiger partial charge in [-0.15, -0.1) is 0 Å². The minimum absolute atomic E-state index is 0.175. The maximum Gasteiger partial charge on any atom is 0.251 e. The lowest BCUT2D eigenvalue weighted by molar-refractivity contribution is 0.0926. The van der Waals surface area contributed by atoms with Crippen molar-refractivity contribution < 1.29 is 22.7 Å². The van der Waals surface area contributed by atoms with Crippen LogP contribution in [0.2, 0.25) is 0 Å². The van der Waals surface area contributed by atoms with Crippen molar-refractivity contribution in [3.05, 3.63) is 89.0 Å². The maximum atomic E-state index is 12.7. The molecule has 1 atom stereocenters. The molecule has 0 fully saturated rings. The molecule has 3 aromatic rings. The molecule has 8 heteroatoms. The molecule has 35 heavy (non-hydrogen) atoms. The zero-order valence-electron chi connectivity index (χ0n) is 20.7. The van der Waals surface area contributed by atoms with Gasteiger partial charge in [-0.2, -0.15) is 0 Å². The lowest BCUT2D eigenvalue weighted by Gasteiger charge is -2.25. The Morgan fingerprint density at radius 3 is 2.29 bits per heavy atom. The van der Waals surface area contributed by atoms with Crippen molar-refractivity contribution in [2.75, 3.05) is 24.3 Å². The minimum atomic E-state index is -3.50. The molecular formula is C27H32N2O5S. The summed E-state index contributed by atoms with van der Waals surface area (Å²) in [7, 11) is -1.92. The van der Waals surface area contributed by atoms with E-state index < -0.39 is 10.0 Å². The van der Waals surface area contributed by atoms with Crippen LogP contribution >= 0.6 is 0 Å². The topological polar surface area (TPSA) is 84.9 Å². The van der Waals surface area contributed by atoms with Crippen LogP contribution in [0, 0.1) is 13.8 Å². The minimum Gasteiger partial charge on any atom is -0.493 e. The van der Waals surface area contributed by atoms with Crippen LogP contribution in [0.15, 0.2) is 66.7 Å². The molecule has 0 aliphatic heterocycles. The lowest BCUT2D eigenvalue weighted by atomic mass is 10.1. The molecule has 0 heterocycles. The number of sulfonamides is 1. The molecular weight excluding hydrogens is 464 g/mol. The number of carbonyl (C=O) groups is 1. The monoisotopic (exact) mass is 496 g/mol. The predicted octanol–water partition coefficient (Wildman–Crippen LogP) is 4.48. The molecule has 1 amide bonds. The molecule has 0 unspecified atom stereocenters. The largest absolute Gasteiger partial charge is 0.493 e. The Bertz CT molecular complexity index is 1270. The average molecular weight is 497 g/mol. The number of carbonyl (C=O) groups excluding carboxylic acids is 1. The molecule has 0 spiro atoms. The van der Waals surface area contributed by atoms with Gasteiger partial charge in [-0.3, -0.25) is 9.10 Å². The van der Waals surface area contributed by atoms with Gasteiger partial charge in [0.05, 0.1) is 31.6 Å². The number of hydrogen-bond donors (Lipinski definition) is 1. The van der Waals surface area contributed by atoms with Gasteiger partial charge in [0.2, 0.25) is 10.0 Å². The van der Waals surface area contributed by atoms with Gasteiger partial charge in [0.1, 0.15) is 6.61 Å². The summed E-state index contributed by atoms with van der Waals surface area (Å²) in [6.07, 6.45) is 1.20. The van der Waals surface area contributed by atoms with Gasteiger partial charge in [-0.05, 0) is 67.8 Å². The molecule has 0 saturated carbocycles. The Labute approximate surface area is 207 Å². The first-order valence-electron chi connectivity index (χ1n) is 11.3. The predicted molar refractivity (Wildman–Crippen MR) is 139 cm³/mol. The fraction of sp³-hybridized carbons (Fsp3) is 0.296. The van der Waals surface area contributed by atoms with Gasteiger partial charge in [0.25, 0.3) is 5.91 Å². The summed E-state index contributed by atoms with van der Waals surface area (Å²) in [5.41, 5.74) is 3.77. The second kappa shape index (κ2) is 11.3. The average Bonchev–Trinajstić information content (AvgIpc) is 2.82. The van der Waals surface area contributed by atoms with Crippen LogP contribution in [0.1, 0.15) is 34.0 Å². The number of methoxy groups -OCH3 is 1. The summed E-state index contributed by atoms with van der Waals surface area (Å²) in [6.45, 7) is 6.13. The number of anilines is 1. The number of amides is 1. The standard InChI is InChI=1S/C27H32N2O5S/c1-19-10-11-20(2)24(16-19)29(35(5,31)32)17-22-12-14-23(15-13-22)27(30)28-21(3)18-34-26-9-7-6-8-25(26)33-4/h6-16,21H,17-18H2,1-5H3,(H,28,30)/t21-/m1/s1. The van der Waals surface area contributed by atoms with E-state index in [4.69, 9.17) is 9.47 Å². The zero-order chi connectivity index (χ0) is 25.6. The molecule has 3 aromatic carbocycles. The molecule has 1 N–H and O–H groups in total. The summed E-state index contributed by atoms with van der Waals surface area (Å²) < 4.78 is 37.5. The van der Waals surface area contributed by atoms with Crippen LogP contribution in [0.4, 0.5) is 5.69 Å². The van der Waals surface area contributed by atoms with E-state index in [2.05, 4.69) is 5.32 Å². The number of aryl methyl sites for hydroxylation is 2. The van der Waals surface area contributed by atoms with Crippen LogP contribution in [-0.4, -0.2) is 40.3 Å². The van der Waals surface area contributed by atoms with Crippen LogP contribution < -0.4 is 19.1 Å². The van der Waals surface area contributed by atoms with E-state index in [9.17, 15) is 13.2 Å². The van der Waals surface area contributed by atoms with Gasteiger partial charge in [-0.1, -0.05) is 36.4 Å². The Hall–Kier alpha value is -3.52. The van der Waals surface area contributed by atoms with E-state index >= 15 is 0 Å². The fourth-order valence-corrected chi connectivity index (χ4v) is 4.54. The van der Waals surface area contributed by atoms with Crippen LogP contribution in [0.25, 0.3) is 0 Å². The van der Waals surface area contributed by atoms with Crippen molar-refractivity contribution in [1.29, 1.82) is 0 Å². The van der Waals surface area contributed by atoms with Crippen molar-refractivity contribution in [3.8, 4) is 11.5 Å². The number of hydrogen-bond acceptors (Lipinski definition) is 5. The maximum absolute atomic E-state index is 12.7. The molecule has 0 aliphatic carbocycles. The normalized spacial score (nSPS) is 12.0. The van der Waals surface area contributed by atoms with Crippen molar-refractivity contribution >= 4 is 21.6 Å². The summed E-state index contributed by atoms with van der Waals surface area (Å²) in [6, 6.07) is 19.8. The Morgan fingerprint density at radius 2 is 1.66 bits per heavy atom. The Kier molecular flexibility index (Phi) is 8.40. The van der Waals surface area contributed by atoms with Gasteiger partial charge in [-0.25, -0.2) is 8.42 Å². The fourth-order valence-electron chi connectivity index (χ4n) is 3.60. The summed E-state index contributed by atoms with van der Waals surface area (Å²) >= 11 is 0. The molecule has 7 nitrogen and oxygen atoms in total. The Morgan fingerprint density at radius 1 is 1.00 bits per heavy atom. The smallest absolute Gasteiger partial charge is 0.251 e. The quantitative estimate of drug-likeness (QED) is 0.448. The highest BCUT2D eigenvalue weighted by molar-refractivity contribution is 7.92. The first-order valence-corrected chi connectivity index (χ1v) is 13.1. The second-order valence-electron chi connectivity index (χ2n) is 8.59. The molecule has 186 valence electrons. The highest BCUT2D eigenvalue weighted by Crippen LogP contribution is 2.27. The molecule has 3 rings (SSSR count). The third-order valence-electron chi connectivity index (χ3n) is 5.51. The van der Waals surface area contributed by atoms with Crippen molar-refractivity contribution in [1.82, 2.24) is 5.32 Å². The van der Waals surface area contributed by atoms with Crippen molar-refractivity contribution in [2.45, 2.75) is 33.4 Å². The third-order valence-corrected chi connectivity index (χ3v) is 6.64. The number of nitrogens with one attached hydrogen (secondary N) is 1. The Balaban J connectivity index is 1.65. The van der Waals surface area contributed by atoms with E-state index in [1.54, 1.807) is 31.4 Å². The van der Waals surface area contributed by atoms with Gasteiger partial charge < -0.3 is 14.8 Å². The number of nitrogens with zero attached hydrogens (tertiary/aromatic N) is 1. The molecule has 0 bridgehead atoms. The van der Waals surface area contributed by atoms with Crippen LogP contribution in [-0.2, 0) is 16.6 Å². The molecule has 0 radical (unpaired) electrons. The van der Waals surface area contributed by atoms with Crippen molar-refractivity contribution in [2.24, 2.45) is 0 Å². The van der Waals surface area contributed by atoms with E-state index in [0.717, 1.165) is 16.7 Å². The number of rotatable bonds is 10. The first kappa shape index (κ1) is 26.1. The van der Waals surface area contributed by atoms with E-state index in [0.29, 0.717) is 22.7 Å². The zero-order valence-corrected chi connectivity index (χ0v) is 21.6. The van der Waals surface area contributed by atoms with Crippen LogP contribution in [0.3, 0.4) is 0 Å². The SMILES string of the molecule is COc1ccccc1OC[C@@H](C)NC(=O)c1ccc(CN(c2cc(C)ccc2C)S(C)(=O)=O)cc1. The van der Waals surface area contributed by atoms with E-state index in [1.807, 2.05) is 63.2 Å². The number of benzene rings is 3. The molecule has 0 aliphatic rings.